The number of fused-ring (bicyclic) bond motifs is 1. The molecule has 2 aliphatic rings. The van der Waals surface area contributed by atoms with Crippen molar-refractivity contribution in [1.29, 1.82) is 0 Å². The van der Waals surface area contributed by atoms with Crippen LogP contribution in [-0.4, -0.2) is 56.3 Å². The van der Waals surface area contributed by atoms with Crippen LogP contribution in [0.2, 0.25) is 0 Å². The topological polar surface area (TPSA) is 66.9 Å². The summed E-state index contributed by atoms with van der Waals surface area (Å²) < 4.78 is 33.9. The van der Waals surface area contributed by atoms with E-state index in [4.69, 9.17) is 4.74 Å². The van der Waals surface area contributed by atoms with Gasteiger partial charge in [-0.05, 0) is 36.4 Å². The van der Waals surface area contributed by atoms with Gasteiger partial charge in [0.25, 0.3) is 5.91 Å². The number of amides is 1. The summed E-state index contributed by atoms with van der Waals surface area (Å²) in [5.74, 6) is 0.463. The van der Waals surface area contributed by atoms with Crippen molar-refractivity contribution in [3.63, 3.8) is 0 Å². The fourth-order valence-corrected chi connectivity index (χ4v) is 6.32. The molecule has 0 unspecified atom stereocenters. The Morgan fingerprint density at radius 2 is 1.96 bits per heavy atom. The molecule has 1 spiro atoms. The number of sulfonamides is 1. The Morgan fingerprint density at radius 3 is 2.64 bits per heavy atom. The lowest BCUT2D eigenvalue weighted by Crippen LogP contribution is -2.52. The molecular weight excluding hydrogens is 396 g/mol. The summed E-state index contributed by atoms with van der Waals surface area (Å²) in [7, 11) is -3.60. The Bertz CT molecular complexity index is 948. The first kappa shape index (κ1) is 19.4. The van der Waals surface area contributed by atoms with Gasteiger partial charge in [0.1, 0.15) is 10.6 Å². The van der Waals surface area contributed by atoms with Crippen LogP contribution in [0.25, 0.3) is 0 Å². The normalized spacial score (nSPS) is 21.4. The number of ether oxygens (including phenoxy) is 1. The second-order valence-corrected chi connectivity index (χ2v) is 10.2. The molecule has 8 heteroatoms. The zero-order valence-corrected chi connectivity index (χ0v) is 17.5. The highest BCUT2D eigenvalue weighted by Gasteiger charge is 2.43. The summed E-state index contributed by atoms with van der Waals surface area (Å²) in [6.07, 6.45) is 1.44. The Labute approximate surface area is 169 Å². The molecule has 1 aromatic carbocycles. The number of rotatable bonds is 2. The molecule has 1 fully saturated rings. The second-order valence-electron chi connectivity index (χ2n) is 7.47. The number of benzene rings is 1. The third-order valence-electron chi connectivity index (χ3n) is 5.74. The molecule has 0 bridgehead atoms. The number of para-hydroxylation sites is 1. The molecule has 0 aliphatic carbocycles. The van der Waals surface area contributed by atoms with Gasteiger partial charge >= 0.3 is 0 Å². The lowest BCUT2D eigenvalue weighted by molar-refractivity contribution is 0.0306. The molecule has 1 saturated heterocycles. The largest absolute Gasteiger partial charge is 0.492 e. The Morgan fingerprint density at radius 1 is 1.21 bits per heavy atom. The molecule has 1 aromatic heterocycles. The van der Waals surface area contributed by atoms with Crippen LogP contribution in [0.5, 0.6) is 5.75 Å². The molecule has 0 atom stereocenters. The van der Waals surface area contributed by atoms with Crippen molar-refractivity contribution in [3.05, 3.63) is 46.7 Å². The average molecular weight is 421 g/mol. The van der Waals surface area contributed by atoms with Crippen molar-refractivity contribution in [2.75, 3.05) is 32.8 Å². The Hall–Kier alpha value is -1.90. The van der Waals surface area contributed by atoms with E-state index in [-0.39, 0.29) is 16.2 Å². The third-order valence-corrected chi connectivity index (χ3v) is 8.39. The van der Waals surface area contributed by atoms with Crippen LogP contribution >= 0.6 is 11.3 Å². The van der Waals surface area contributed by atoms with E-state index >= 15 is 0 Å². The number of piperidine rings is 1. The van der Waals surface area contributed by atoms with Crippen LogP contribution in [0.15, 0.2) is 46.0 Å². The van der Waals surface area contributed by atoms with E-state index in [1.807, 2.05) is 28.7 Å². The van der Waals surface area contributed by atoms with E-state index in [0.717, 1.165) is 18.4 Å². The van der Waals surface area contributed by atoms with Crippen LogP contribution < -0.4 is 4.74 Å². The minimum Gasteiger partial charge on any atom is -0.492 e. The van der Waals surface area contributed by atoms with Gasteiger partial charge in [0.2, 0.25) is 10.0 Å². The van der Waals surface area contributed by atoms with Crippen LogP contribution in [0.4, 0.5) is 0 Å². The summed E-state index contributed by atoms with van der Waals surface area (Å²) in [6, 6.07) is 8.68. The monoisotopic (exact) mass is 420 g/mol. The number of nitrogens with zero attached hydrogens (tertiary/aromatic N) is 2. The fraction of sp³-hybridized carbons (Fsp3) is 0.450. The van der Waals surface area contributed by atoms with Crippen molar-refractivity contribution in [1.82, 2.24) is 9.21 Å². The summed E-state index contributed by atoms with van der Waals surface area (Å²) in [6.45, 7) is 4.37. The maximum Gasteiger partial charge on any atom is 0.254 e. The summed E-state index contributed by atoms with van der Waals surface area (Å²) in [5.41, 5.74) is 0.434. The predicted octanol–water partition coefficient (Wildman–Crippen LogP) is 3.07. The molecule has 6 nitrogen and oxygen atoms in total. The van der Waals surface area contributed by atoms with Crippen molar-refractivity contribution in [2.45, 2.75) is 24.7 Å². The van der Waals surface area contributed by atoms with Gasteiger partial charge in [0.15, 0.2) is 0 Å². The number of thiophene rings is 1. The predicted molar refractivity (Wildman–Crippen MR) is 108 cm³/mol. The molecule has 3 heterocycles. The number of carbonyl (C=O) groups excluding carboxylic acids is 1. The van der Waals surface area contributed by atoms with Crippen LogP contribution in [0.1, 0.15) is 30.1 Å². The average Bonchev–Trinajstić information content (AvgIpc) is 3.25. The van der Waals surface area contributed by atoms with Gasteiger partial charge in [-0.15, -0.1) is 0 Å². The first-order valence-electron chi connectivity index (χ1n) is 9.49. The highest BCUT2D eigenvalue weighted by Crippen LogP contribution is 2.39. The van der Waals surface area contributed by atoms with E-state index in [0.29, 0.717) is 38.5 Å². The lowest BCUT2D eigenvalue weighted by atomic mass is 9.78. The minimum absolute atomic E-state index is 0.0492. The molecular formula is C20H24N2O4S2. The minimum atomic E-state index is -3.60. The van der Waals surface area contributed by atoms with Crippen LogP contribution in [-0.2, 0) is 10.0 Å². The molecule has 0 saturated carbocycles. The maximum atomic E-state index is 13.1. The highest BCUT2D eigenvalue weighted by atomic mass is 32.2. The molecule has 1 amide bonds. The molecule has 4 rings (SSSR count). The number of hydrogen-bond donors (Lipinski definition) is 0. The molecule has 2 aromatic rings. The Kier molecular flexibility index (Phi) is 5.20. The first-order chi connectivity index (χ1) is 13.5. The van der Waals surface area contributed by atoms with E-state index in [1.165, 1.54) is 11.3 Å². The zero-order chi connectivity index (χ0) is 19.8. The van der Waals surface area contributed by atoms with Crippen LogP contribution in [0, 0.1) is 5.41 Å². The van der Waals surface area contributed by atoms with E-state index in [9.17, 15) is 13.2 Å². The molecule has 2 aliphatic heterocycles. The zero-order valence-electron chi connectivity index (χ0n) is 15.8. The third kappa shape index (κ3) is 3.44. The smallest absolute Gasteiger partial charge is 0.254 e. The summed E-state index contributed by atoms with van der Waals surface area (Å²) in [5, 5.41) is 3.77. The van der Waals surface area contributed by atoms with Crippen molar-refractivity contribution in [2.24, 2.45) is 5.41 Å². The van der Waals surface area contributed by atoms with Gasteiger partial charge in [0, 0.05) is 37.0 Å². The maximum absolute atomic E-state index is 13.1. The first-order valence-corrected chi connectivity index (χ1v) is 11.9. The molecule has 0 radical (unpaired) electrons. The quantitative estimate of drug-likeness (QED) is 0.749. The van der Waals surface area contributed by atoms with E-state index in [2.05, 4.69) is 0 Å². The molecule has 150 valence electrons. The SMILES string of the molecule is CCN1CC2(CCN(C(=O)c3ccsc3)CC2)COc2ccccc2S1(=O)=O. The van der Waals surface area contributed by atoms with Crippen molar-refractivity contribution >= 4 is 27.3 Å². The highest BCUT2D eigenvalue weighted by molar-refractivity contribution is 7.89. The van der Waals surface area contributed by atoms with E-state index in [1.54, 1.807) is 28.6 Å². The standard InChI is InChI=1S/C20H24N2O4S2/c1-2-22-14-20(15-26-17-5-3-4-6-18(17)28(22,24)25)8-10-21(11-9-20)19(23)16-7-12-27-13-16/h3-7,12-13H,2,8-11,14-15H2,1H3. The summed E-state index contributed by atoms with van der Waals surface area (Å²) >= 11 is 1.51. The van der Waals surface area contributed by atoms with Crippen molar-refractivity contribution < 1.29 is 17.9 Å². The fourth-order valence-electron chi connectivity index (χ4n) is 3.99. The van der Waals surface area contributed by atoms with Gasteiger partial charge in [-0.2, -0.15) is 15.6 Å². The van der Waals surface area contributed by atoms with Gasteiger partial charge in [-0.3, -0.25) is 4.79 Å². The number of carbonyl (C=O) groups is 1. The second kappa shape index (κ2) is 7.50. The number of likely N-dealkylation sites (tertiary alicyclic amines) is 1. The molecule has 28 heavy (non-hydrogen) atoms. The van der Waals surface area contributed by atoms with E-state index < -0.39 is 10.0 Å². The van der Waals surface area contributed by atoms with Gasteiger partial charge in [-0.1, -0.05) is 19.1 Å². The Balaban J connectivity index is 1.57. The van der Waals surface area contributed by atoms with Gasteiger partial charge in [-0.25, -0.2) is 8.42 Å². The van der Waals surface area contributed by atoms with Crippen LogP contribution in [0.3, 0.4) is 0 Å². The van der Waals surface area contributed by atoms with Crippen molar-refractivity contribution in [3.8, 4) is 5.75 Å². The number of hydrogen-bond acceptors (Lipinski definition) is 5. The lowest BCUT2D eigenvalue weighted by Gasteiger charge is -2.44. The van der Waals surface area contributed by atoms with Gasteiger partial charge in [0.05, 0.1) is 12.2 Å². The van der Waals surface area contributed by atoms with Gasteiger partial charge < -0.3 is 9.64 Å². The molecule has 0 N–H and O–H groups in total. The summed E-state index contributed by atoms with van der Waals surface area (Å²) in [4.78, 5) is 14.7.